The first kappa shape index (κ1) is 23.6. The van der Waals surface area contributed by atoms with Gasteiger partial charge in [-0.1, -0.05) is 0 Å². The molecule has 0 bridgehead atoms. The van der Waals surface area contributed by atoms with Crippen molar-refractivity contribution >= 4 is 24.5 Å². The Balaban J connectivity index is 0.00000272. The van der Waals surface area contributed by atoms with Gasteiger partial charge >= 0.3 is 6.36 Å². The van der Waals surface area contributed by atoms with Crippen LogP contribution in [-0.4, -0.2) is 63.2 Å². The Morgan fingerprint density at radius 2 is 1.52 bits per heavy atom. The molecular formula is C22H24F3LiNO4. The van der Waals surface area contributed by atoms with E-state index in [2.05, 4.69) is 9.64 Å². The standard InChI is InChI=1S/C22H24F3NO4.Li/c1-21(15-28-21)14-27-17-4-2-16(3-5-17)26-12-10-19(11-13-26)29-18-6-8-20(9-7-18)30-22(23,24)25;/h2-9,19H,10-15H2,1H3;/t21-;/m0./s1. The summed E-state index contributed by atoms with van der Waals surface area (Å²) in [5, 5.41) is 0. The van der Waals surface area contributed by atoms with Crippen LogP contribution in [0.3, 0.4) is 0 Å². The van der Waals surface area contributed by atoms with E-state index in [9.17, 15) is 13.2 Å². The van der Waals surface area contributed by atoms with Gasteiger partial charge in [0.2, 0.25) is 0 Å². The van der Waals surface area contributed by atoms with Crippen LogP contribution in [0.1, 0.15) is 19.8 Å². The van der Waals surface area contributed by atoms with Crippen molar-refractivity contribution in [2.24, 2.45) is 0 Å². The molecule has 2 aliphatic rings. The Labute approximate surface area is 191 Å². The van der Waals surface area contributed by atoms with Gasteiger partial charge in [0.05, 0.1) is 6.61 Å². The quantitative estimate of drug-likeness (QED) is 0.481. The largest absolute Gasteiger partial charge is 0.573 e. The molecule has 4 rings (SSSR count). The first-order chi connectivity index (χ1) is 14.3. The number of piperidine rings is 1. The van der Waals surface area contributed by atoms with Crippen molar-refractivity contribution < 1.29 is 32.1 Å². The zero-order chi connectivity index (χ0) is 21.2. The van der Waals surface area contributed by atoms with Crippen molar-refractivity contribution in [2.75, 3.05) is 31.2 Å². The molecule has 2 fully saturated rings. The second-order valence-corrected chi connectivity index (χ2v) is 7.84. The van der Waals surface area contributed by atoms with E-state index >= 15 is 0 Å². The van der Waals surface area contributed by atoms with Crippen molar-refractivity contribution in [1.29, 1.82) is 0 Å². The molecular weight excluding hydrogens is 406 g/mol. The number of benzene rings is 2. The predicted molar refractivity (Wildman–Crippen MR) is 111 cm³/mol. The summed E-state index contributed by atoms with van der Waals surface area (Å²) in [4.78, 5) is 2.29. The van der Waals surface area contributed by atoms with Gasteiger partial charge in [-0.3, -0.25) is 0 Å². The molecule has 0 aliphatic carbocycles. The molecule has 0 spiro atoms. The van der Waals surface area contributed by atoms with Crippen LogP contribution in [0.15, 0.2) is 48.5 Å². The minimum Gasteiger partial charge on any atom is -0.491 e. The minimum atomic E-state index is -4.69. The van der Waals surface area contributed by atoms with E-state index in [1.165, 1.54) is 24.3 Å². The van der Waals surface area contributed by atoms with E-state index in [1.54, 1.807) is 0 Å². The van der Waals surface area contributed by atoms with Gasteiger partial charge in [-0.2, -0.15) is 0 Å². The number of ether oxygens (including phenoxy) is 4. The Kier molecular flexibility index (Phi) is 7.35. The van der Waals surface area contributed by atoms with Crippen LogP contribution in [0.2, 0.25) is 0 Å². The molecule has 1 radical (unpaired) electrons. The predicted octanol–water partition coefficient (Wildman–Crippen LogP) is 4.42. The maximum Gasteiger partial charge on any atom is 0.573 e. The summed E-state index contributed by atoms with van der Waals surface area (Å²) in [6.07, 6.45) is -3.01. The molecule has 2 aromatic carbocycles. The summed E-state index contributed by atoms with van der Waals surface area (Å²) >= 11 is 0. The molecule has 2 heterocycles. The Morgan fingerprint density at radius 3 is 2.06 bits per heavy atom. The van der Waals surface area contributed by atoms with Crippen molar-refractivity contribution in [3.05, 3.63) is 48.5 Å². The fourth-order valence-electron chi connectivity index (χ4n) is 3.34. The number of halogens is 3. The fraction of sp³-hybridized carbons (Fsp3) is 0.455. The first-order valence-electron chi connectivity index (χ1n) is 9.92. The average Bonchev–Trinajstić information content (AvgIpc) is 3.46. The van der Waals surface area contributed by atoms with Crippen LogP contribution in [0.25, 0.3) is 0 Å². The van der Waals surface area contributed by atoms with Crippen molar-refractivity contribution in [3.8, 4) is 17.2 Å². The summed E-state index contributed by atoms with van der Waals surface area (Å²) < 4.78 is 57.6. The molecule has 0 amide bonds. The molecule has 5 nitrogen and oxygen atoms in total. The van der Waals surface area contributed by atoms with Crippen LogP contribution >= 0.6 is 0 Å². The van der Waals surface area contributed by atoms with Crippen LogP contribution in [0, 0.1) is 0 Å². The molecule has 31 heavy (non-hydrogen) atoms. The van der Waals surface area contributed by atoms with Gasteiger partial charge in [0, 0.05) is 50.5 Å². The molecule has 2 aliphatic heterocycles. The maximum absolute atomic E-state index is 12.2. The van der Waals surface area contributed by atoms with E-state index in [0.29, 0.717) is 12.4 Å². The third kappa shape index (κ3) is 6.99. The summed E-state index contributed by atoms with van der Waals surface area (Å²) in [6, 6.07) is 13.5. The number of anilines is 1. The van der Waals surface area contributed by atoms with Crippen molar-refractivity contribution in [2.45, 2.75) is 37.8 Å². The number of nitrogens with zero attached hydrogens (tertiary/aromatic N) is 1. The molecule has 0 saturated carbocycles. The second kappa shape index (κ2) is 9.64. The molecule has 0 N–H and O–H groups in total. The van der Waals surface area contributed by atoms with Crippen LogP contribution in [-0.2, 0) is 4.74 Å². The fourth-order valence-corrected chi connectivity index (χ4v) is 3.34. The van der Waals surface area contributed by atoms with Gasteiger partial charge in [-0.15, -0.1) is 13.2 Å². The maximum atomic E-state index is 12.2. The molecule has 163 valence electrons. The SMILES string of the molecule is C[C@]1(COc2ccc(N3CCC(Oc4ccc(OC(F)(F)F)cc4)CC3)cc2)CO1.[Li]. The van der Waals surface area contributed by atoms with Gasteiger partial charge in [0.25, 0.3) is 0 Å². The minimum absolute atomic E-state index is 0. The van der Waals surface area contributed by atoms with Crippen molar-refractivity contribution in [1.82, 2.24) is 0 Å². The van der Waals surface area contributed by atoms with Gasteiger partial charge in [0.1, 0.15) is 35.6 Å². The smallest absolute Gasteiger partial charge is 0.491 e. The van der Waals surface area contributed by atoms with Crippen LogP contribution in [0.5, 0.6) is 17.2 Å². The van der Waals surface area contributed by atoms with Gasteiger partial charge in [-0.25, -0.2) is 0 Å². The number of hydrogen-bond donors (Lipinski definition) is 0. The van der Waals surface area contributed by atoms with Gasteiger partial charge < -0.3 is 23.8 Å². The summed E-state index contributed by atoms with van der Waals surface area (Å²) in [5.41, 5.74) is 0.995. The second-order valence-electron chi connectivity index (χ2n) is 7.84. The van der Waals surface area contributed by atoms with E-state index in [1.807, 2.05) is 31.2 Å². The van der Waals surface area contributed by atoms with E-state index in [4.69, 9.17) is 14.2 Å². The van der Waals surface area contributed by atoms with E-state index in [-0.39, 0.29) is 36.3 Å². The average molecular weight is 430 g/mol. The Bertz CT molecular complexity index is 833. The Hall–Kier alpha value is -2.01. The number of rotatable bonds is 7. The molecule has 0 unspecified atom stereocenters. The summed E-state index contributed by atoms with van der Waals surface area (Å²) in [7, 11) is 0. The van der Waals surface area contributed by atoms with Crippen molar-refractivity contribution in [3.63, 3.8) is 0 Å². The number of alkyl halides is 3. The zero-order valence-corrected chi connectivity index (χ0v) is 17.7. The van der Waals surface area contributed by atoms with Gasteiger partial charge in [0.15, 0.2) is 0 Å². The molecule has 2 saturated heterocycles. The molecule has 0 aromatic heterocycles. The van der Waals surface area contributed by atoms with E-state index in [0.717, 1.165) is 44.0 Å². The topological polar surface area (TPSA) is 43.5 Å². The normalized spacial score (nSPS) is 21.2. The monoisotopic (exact) mass is 430 g/mol. The molecule has 1 atom stereocenters. The number of hydrogen-bond acceptors (Lipinski definition) is 5. The zero-order valence-electron chi connectivity index (χ0n) is 17.7. The van der Waals surface area contributed by atoms with Crippen LogP contribution in [0.4, 0.5) is 18.9 Å². The Morgan fingerprint density at radius 1 is 0.968 bits per heavy atom. The van der Waals surface area contributed by atoms with Crippen LogP contribution < -0.4 is 19.1 Å². The third-order valence-corrected chi connectivity index (χ3v) is 5.19. The van der Waals surface area contributed by atoms with Gasteiger partial charge in [-0.05, 0) is 55.5 Å². The first-order valence-corrected chi connectivity index (χ1v) is 9.92. The molecule has 2 aromatic rings. The van der Waals surface area contributed by atoms with E-state index < -0.39 is 6.36 Å². The summed E-state index contributed by atoms with van der Waals surface area (Å²) in [6.45, 7) is 5.00. The summed E-state index contributed by atoms with van der Waals surface area (Å²) in [5.74, 6) is 1.11. The molecule has 9 heteroatoms. The number of epoxide rings is 1. The third-order valence-electron chi connectivity index (χ3n) is 5.19.